The summed E-state index contributed by atoms with van der Waals surface area (Å²) < 4.78 is 13.3. The third kappa shape index (κ3) is 2.04. The molecule has 0 spiro atoms. The van der Waals surface area contributed by atoms with Gasteiger partial charge in [-0.1, -0.05) is 24.4 Å². The van der Waals surface area contributed by atoms with E-state index in [1.54, 1.807) is 6.07 Å². The number of hydrogen-bond acceptors (Lipinski definition) is 2. The second kappa shape index (κ2) is 4.73. The molecule has 1 heterocycles. The fraction of sp³-hybridized carbons (Fsp3) is 0.438. The van der Waals surface area contributed by atoms with Gasteiger partial charge < -0.3 is 5.73 Å². The van der Waals surface area contributed by atoms with Gasteiger partial charge in [0, 0.05) is 22.7 Å². The van der Waals surface area contributed by atoms with E-state index in [0.717, 1.165) is 28.7 Å². The molecule has 110 valence electrons. The molecule has 1 aromatic heterocycles. The number of anilines is 1. The average molecular weight is 306 g/mol. The zero-order valence-corrected chi connectivity index (χ0v) is 12.3. The molecule has 0 amide bonds. The van der Waals surface area contributed by atoms with Crippen LogP contribution in [0.15, 0.2) is 18.2 Å². The number of aromatic nitrogens is 2. The molecule has 5 heteroatoms. The van der Waals surface area contributed by atoms with Gasteiger partial charge in [-0.15, -0.1) is 0 Å². The first-order chi connectivity index (χ1) is 10.2. The third-order valence-corrected chi connectivity index (χ3v) is 5.33. The molecule has 3 N–H and O–H groups in total. The highest BCUT2D eigenvalue weighted by atomic mass is 35.5. The highest BCUT2D eigenvalue weighted by Gasteiger charge is 2.53. The number of nitrogen functional groups attached to an aromatic ring is 1. The van der Waals surface area contributed by atoms with Crippen LogP contribution in [0.25, 0.3) is 11.1 Å². The molecule has 2 atom stereocenters. The van der Waals surface area contributed by atoms with Crippen LogP contribution >= 0.6 is 11.6 Å². The van der Waals surface area contributed by atoms with E-state index >= 15 is 0 Å². The van der Waals surface area contributed by atoms with Crippen LogP contribution < -0.4 is 5.73 Å². The number of nitrogens with zero attached hydrogens (tertiary/aromatic N) is 1. The Balaban J connectivity index is 1.77. The maximum Gasteiger partial charge on any atom is 0.153 e. The molecule has 0 aliphatic heterocycles. The van der Waals surface area contributed by atoms with Crippen LogP contribution in [0.5, 0.6) is 0 Å². The summed E-state index contributed by atoms with van der Waals surface area (Å²) in [5.74, 6) is 2.11. The second-order valence-electron chi connectivity index (χ2n) is 6.16. The Morgan fingerprint density at radius 1 is 1.24 bits per heavy atom. The van der Waals surface area contributed by atoms with Crippen molar-refractivity contribution in [3.8, 4) is 11.1 Å². The monoisotopic (exact) mass is 305 g/mol. The zero-order chi connectivity index (χ0) is 14.6. The summed E-state index contributed by atoms with van der Waals surface area (Å²) in [6, 6.07) is 4.43. The number of fused-ring (bicyclic) bond motifs is 1. The Morgan fingerprint density at radius 3 is 2.62 bits per heavy atom. The maximum atomic E-state index is 13.3. The Kier molecular flexibility index (Phi) is 2.96. The van der Waals surface area contributed by atoms with Gasteiger partial charge in [-0.05, 0) is 42.9 Å². The summed E-state index contributed by atoms with van der Waals surface area (Å²) in [6.45, 7) is 0. The smallest absolute Gasteiger partial charge is 0.153 e. The molecule has 2 fully saturated rings. The van der Waals surface area contributed by atoms with E-state index < -0.39 is 0 Å². The van der Waals surface area contributed by atoms with Gasteiger partial charge in [0.2, 0.25) is 0 Å². The summed E-state index contributed by atoms with van der Waals surface area (Å²) in [7, 11) is 0. The van der Waals surface area contributed by atoms with Gasteiger partial charge in [-0.25, -0.2) is 4.39 Å². The van der Waals surface area contributed by atoms with E-state index in [0.29, 0.717) is 16.8 Å². The van der Waals surface area contributed by atoms with Crippen LogP contribution in [0.3, 0.4) is 0 Å². The van der Waals surface area contributed by atoms with Gasteiger partial charge >= 0.3 is 0 Å². The molecular formula is C16H17ClFN3. The molecule has 3 nitrogen and oxygen atoms in total. The molecule has 2 saturated carbocycles. The Hall–Kier alpha value is -1.55. The fourth-order valence-electron chi connectivity index (χ4n) is 4.01. The van der Waals surface area contributed by atoms with Crippen molar-refractivity contribution in [1.82, 2.24) is 10.2 Å². The topological polar surface area (TPSA) is 54.7 Å². The Bertz CT molecular complexity index is 685. The fourth-order valence-corrected chi connectivity index (χ4v) is 4.27. The van der Waals surface area contributed by atoms with Crippen molar-refractivity contribution < 1.29 is 4.39 Å². The summed E-state index contributed by atoms with van der Waals surface area (Å²) >= 11 is 6.21. The van der Waals surface area contributed by atoms with Crippen LogP contribution in [-0.4, -0.2) is 10.2 Å². The van der Waals surface area contributed by atoms with Gasteiger partial charge in [-0.3, -0.25) is 5.10 Å². The number of hydrogen-bond donors (Lipinski definition) is 2. The Morgan fingerprint density at radius 2 is 1.95 bits per heavy atom. The minimum Gasteiger partial charge on any atom is -0.382 e. The van der Waals surface area contributed by atoms with Gasteiger partial charge in [-0.2, -0.15) is 5.10 Å². The number of benzene rings is 1. The highest BCUT2D eigenvalue weighted by Crippen LogP contribution is 2.62. The lowest BCUT2D eigenvalue weighted by molar-refractivity contribution is 0.480. The normalized spacial score (nSPS) is 27.4. The van der Waals surface area contributed by atoms with E-state index in [2.05, 4.69) is 10.2 Å². The van der Waals surface area contributed by atoms with Crippen molar-refractivity contribution in [2.24, 2.45) is 11.8 Å². The lowest BCUT2D eigenvalue weighted by Gasteiger charge is -2.07. The molecule has 21 heavy (non-hydrogen) atoms. The van der Waals surface area contributed by atoms with Gasteiger partial charge in [0.05, 0.1) is 5.02 Å². The first-order valence-corrected chi connectivity index (χ1v) is 7.84. The van der Waals surface area contributed by atoms with Gasteiger partial charge in [0.1, 0.15) is 5.82 Å². The number of aromatic amines is 1. The Labute approximate surface area is 127 Å². The lowest BCUT2D eigenvalue weighted by Crippen LogP contribution is -1.92. The average Bonchev–Trinajstić information content (AvgIpc) is 3.08. The zero-order valence-electron chi connectivity index (χ0n) is 11.6. The summed E-state index contributed by atoms with van der Waals surface area (Å²) in [5.41, 5.74) is 8.75. The molecule has 0 saturated heterocycles. The quantitative estimate of drug-likeness (QED) is 0.866. The molecule has 1 aromatic carbocycles. The largest absolute Gasteiger partial charge is 0.382 e. The van der Waals surface area contributed by atoms with Crippen molar-refractivity contribution in [2.45, 2.75) is 31.6 Å². The number of nitrogens with one attached hydrogen (secondary N) is 1. The molecule has 4 rings (SSSR count). The van der Waals surface area contributed by atoms with E-state index in [9.17, 15) is 4.39 Å². The van der Waals surface area contributed by atoms with Crippen LogP contribution in [0.4, 0.5) is 10.2 Å². The molecular weight excluding hydrogens is 289 g/mol. The first-order valence-electron chi connectivity index (χ1n) is 7.46. The second-order valence-corrected chi connectivity index (χ2v) is 6.57. The first kappa shape index (κ1) is 13.1. The highest BCUT2D eigenvalue weighted by molar-refractivity contribution is 6.33. The van der Waals surface area contributed by atoms with Crippen molar-refractivity contribution in [3.63, 3.8) is 0 Å². The maximum absolute atomic E-state index is 13.3. The number of nitrogens with two attached hydrogens (primary N) is 1. The SMILES string of the molecule is Nc1n[nH]c(C2C3CCCCC32)c1-c1ccc(F)cc1Cl. The van der Waals surface area contributed by atoms with Crippen LogP contribution in [0, 0.1) is 17.7 Å². The van der Waals surface area contributed by atoms with Crippen LogP contribution in [0.2, 0.25) is 5.02 Å². The van der Waals surface area contributed by atoms with Crippen molar-refractivity contribution >= 4 is 17.4 Å². The van der Waals surface area contributed by atoms with Crippen molar-refractivity contribution in [3.05, 3.63) is 34.7 Å². The van der Waals surface area contributed by atoms with E-state index in [1.165, 1.54) is 37.8 Å². The lowest BCUT2D eigenvalue weighted by atomic mass is 10.0. The standard InChI is InChI=1S/C16H17ClFN3/c17-12-7-8(18)5-6-11(12)14-15(20-21-16(14)19)13-9-3-1-2-4-10(9)13/h5-7,9-10,13H,1-4H2,(H3,19,20,21). The van der Waals surface area contributed by atoms with Gasteiger partial charge in [0.25, 0.3) is 0 Å². The molecule has 0 radical (unpaired) electrons. The van der Waals surface area contributed by atoms with Crippen LogP contribution in [-0.2, 0) is 0 Å². The predicted molar refractivity (Wildman–Crippen MR) is 81.6 cm³/mol. The van der Waals surface area contributed by atoms with Gasteiger partial charge in [0.15, 0.2) is 5.82 Å². The third-order valence-electron chi connectivity index (χ3n) is 5.01. The van der Waals surface area contributed by atoms with Crippen molar-refractivity contribution in [1.29, 1.82) is 0 Å². The molecule has 0 bridgehead atoms. The number of rotatable bonds is 2. The summed E-state index contributed by atoms with van der Waals surface area (Å²) in [6.07, 6.45) is 5.19. The van der Waals surface area contributed by atoms with E-state index in [4.69, 9.17) is 17.3 Å². The van der Waals surface area contributed by atoms with E-state index in [-0.39, 0.29) is 5.82 Å². The predicted octanol–water partition coefficient (Wildman–Crippen LogP) is 4.36. The minimum absolute atomic E-state index is 0.340. The minimum atomic E-state index is -0.340. The molecule has 2 aromatic rings. The molecule has 2 unspecified atom stereocenters. The molecule has 2 aliphatic carbocycles. The number of H-pyrrole nitrogens is 1. The molecule has 2 aliphatic rings. The summed E-state index contributed by atoms with van der Waals surface area (Å²) in [4.78, 5) is 0. The van der Waals surface area contributed by atoms with Crippen molar-refractivity contribution in [2.75, 3.05) is 5.73 Å². The van der Waals surface area contributed by atoms with Crippen LogP contribution in [0.1, 0.15) is 37.3 Å². The van der Waals surface area contributed by atoms with E-state index in [1.807, 2.05) is 0 Å². The summed E-state index contributed by atoms with van der Waals surface area (Å²) in [5, 5.41) is 7.66. The number of halogens is 2.